The van der Waals surface area contributed by atoms with Gasteiger partial charge in [-0.2, -0.15) is 0 Å². The van der Waals surface area contributed by atoms with Crippen LogP contribution in [0.4, 0.5) is 0 Å². The van der Waals surface area contributed by atoms with Gasteiger partial charge >= 0.3 is 0 Å². The molecule has 1 aromatic carbocycles. The molecular weight excluding hydrogens is 166 g/mol. The molecule has 3 N–H and O–H groups in total. The summed E-state index contributed by atoms with van der Waals surface area (Å²) in [6, 6.07) is 7.27. The van der Waals surface area contributed by atoms with Crippen LogP contribution >= 0.6 is 0 Å². The summed E-state index contributed by atoms with van der Waals surface area (Å²) in [5, 5.41) is 9.60. The minimum absolute atomic E-state index is 0.321. The van der Waals surface area contributed by atoms with Gasteiger partial charge in [-0.3, -0.25) is 0 Å². The van der Waals surface area contributed by atoms with Gasteiger partial charge in [0.05, 0.1) is 18.8 Å². The highest BCUT2D eigenvalue weighted by Crippen LogP contribution is 2.29. The number of hydrogen-bond donors (Lipinski definition) is 2. The van der Waals surface area contributed by atoms with Gasteiger partial charge in [0.15, 0.2) is 0 Å². The van der Waals surface area contributed by atoms with Gasteiger partial charge in [-0.15, -0.1) is 0 Å². The molecule has 2 rings (SSSR count). The molecule has 70 valence electrons. The van der Waals surface area contributed by atoms with Crippen LogP contribution in [0.15, 0.2) is 24.3 Å². The molecule has 1 aromatic rings. The lowest BCUT2D eigenvalue weighted by Crippen LogP contribution is -2.25. The van der Waals surface area contributed by atoms with Crippen molar-refractivity contribution in [2.75, 3.05) is 6.61 Å². The van der Waals surface area contributed by atoms with E-state index in [2.05, 4.69) is 0 Å². The van der Waals surface area contributed by atoms with Crippen LogP contribution in [-0.2, 0) is 0 Å². The average molecular weight is 179 g/mol. The Morgan fingerprint density at radius 2 is 2.15 bits per heavy atom. The molecule has 3 heteroatoms. The molecule has 0 radical (unpaired) electrons. The minimum Gasteiger partial charge on any atom is -0.493 e. The maximum Gasteiger partial charge on any atom is 0.124 e. The monoisotopic (exact) mass is 179 g/mol. The fraction of sp³-hybridized carbons (Fsp3) is 0.400. The summed E-state index contributed by atoms with van der Waals surface area (Å²) in [6.45, 7) is 0.534. The molecule has 1 aliphatic rings. The molecule has 0 bridgehead atoms. The van der Waals surface area contributed by atoms with Gasteiger partial charge in [0.1, 0.15) is 5.75 Å². The first-order valence-electron chi connectivity index (χ1n) is 4.44. The van der Waals surface area contributed by atoms with Crippen molar-refractivity contribution in [2.24, 2.45) is 5.73 Å². The molecule has 3 nitrogen and oxygen atoms in total. The number of benzene rings is 1. The number of fused-ring (bicyclic) bond motifs is 1. The van der Waals surface area contributed by atoms with Crippen LogP contribution in [0.5, 0.6) is 5.75 Å². The molecule has 1 aliphatic heterocycles. The van der Waals surface area contributed by atoms with Crippen molar-refractivity contribution in [3.05, 3.63) is 29.8 Å². The first-order chi connectivity index (χ1) is 6.29. The van der Waals surface area contributed by atoms with Crippen LogP contribution in [0, 0.1) is 0 Å². The Bertz CT molecular complexity index is 301. The molecule has 2 atom stereocenters. The van der Waals surface area contributed by atoms with E-state index in [0.29, 0.717) is 13.0 Å². The highest BCUT2D eigenvalue weighted by atomic mass is 16.5. The summed E-state index contributed by atoms with van der Waals surface area (Å²) in [5.74, 6) is 0.798. The van der Waals surface area contributed by atoms with Crippen molar-refractivity contribution in [2.45, 2.75) is 18.6 Å². The van der Waals surface area contributed by atoms with Crippen LogP contribution in [0.25, 0.3) is 0 Å². The van der Waals surface area contributed by atoms with Crippen LogP contribution in [0.2, 0.25) is 0 Å². The highest BCUT2D eigenvalue weighted by Gasteiger charge is 2.23. The van der Waals surface area contributed by atoms with Crippen LogP contribution < -0.4 is 10.5 Å². The first kappa shape index (κ1) is 8.53. The molecule has 0 saturated carbocycles. The maximum absolute atomic E-state index is 9.60. The van der Waals surface area contributed by atoms with E-state index >= 15 is 0 Å². The second-order valence-electron chi connectivity index (χ2n) is 3.27. The van der Waals surface area contributed by atoms with Crippen LogP contribution in [0.1, 0.15) is 18.0 Å². The normalized spacial score (nSPS) is 27.2. The van der Waals surface area contributed by atoms with Gasteiger partial charge in [0.2, 0.25) is 0 Å². The molecular formula is C10H13NO2. The van der Waals surface area contributed by atoms with Crippen molar-refractivity contribution in [3.8, 4) is 5.75 Å². The van der Waals surface area contributed by atoms with Gasteiger partial charge in [0.25, 0.3) is 0 Å². The van der Waals surface area contributed by atoms with E-state index in [1.54, 1.807) is 0 Å². The molecule has 0 saturated heterocycles. The van der Waals surface area contributed by atoms with Crippen molar-refractivity contribution < 1.29 is 9.84 Å². The van der Waals surface area contributed by atoms with E-state index in [0.717, 1.165) is 11.3 Å². The molecule has 0 aromatic heterocycles. The Hall–Kier alpha value is -1.06. The fourth-order valence-corrected chi connectivity index (χ4v) is 1.56. The first-order valence-corrected chi connectivity index (χ1v) is 4.44. The summed E-state index contributed by atoms with van der Waals surface area (Å²) < 4.78 is 5.45. The van der Waals surface area contributed by atoms with E-state index in [1.165, 1.54) is 0 Å². The topological polar surface area (TPSA) is 55.5 Å². The van der Waals surface area contributed by atoms with E-state index in [-0.39, 0.29) is 6.04 Å². The molecule has 0 spiro atoms. The van der Waals surface area contributed by atoms with Gasteiger partial charge in [-0.05, 0) is 6.07 Å². The summed E-state index contributed by atoms with van der Waals surface area (Å²) >= 11 is 0. The summed E-state index contributed by atoms with van der Waals surface area (Å²) in [7, 11) is 0. The zero-order chi connectivity index (χ0) is 9.26. The van der Waals surface area contributed by atoms with Gasteiger partial charge in [-0.25, -0.2) is 0 Å². The smallest absolute Gasteiger partial charge is 0.124 e. The van der Waals surface area contributed by atoms with Gasteiger partial charge in [-0.1, -0.05) is 18.2 Å². The molecule has 13 heavy (non-hydrogen) atoms. The largest absolute Gasteiger partial charge is 0.493 e. The number of aliphatic hydroxyl groups is 1. The van der Waals surface area contributed by atoms with E-state index in [9.17, 15) is 5.11 Å². The third kappa shape index (κ3) is 1.53. The standard InChI is InChI=1S/C10H13NO2/c11-10-7-3-1-2-4-9(7)13-6-5-8(10)12/h1-4,8,10,12H,5-6,11H2/t8-,10+/m0/s1. The zero-order valence-electron chi connectivity index (χ0n) is 7.31. The number of rotatable bonds is 0. The van der Waals surface area contributed by atoms with Crippen LogP contribution in [0.3, 0.4) is 0 Å². The Kier molecular flexibility index (Phi) is 2.20. The maximum atomic E-state index is 9.60. The lowest BCUT2D eigenvalue weighted by Gasteiger charge is -2.15. The number of hydrogen-bond acceptors (Lipinski definition) is 3. The summed E-state index contributed by atoms with van der Waals surface area (Å²) in [5.41, 5.74) is 6.76. The molecule has 0 unspecified atom stereocenters. The van der Waals surface area contributed by atoms with Gasteiger partial charge in [0, 0.05) is 12.0 Å². The van der Waals surface area contributed by atoms with Gasteiger partial charge < -0.3 is 15.6 Å². The average Bonchev–Trinajstić information content (AvgIpc) is 2.29. The number of ether oxygens (including phenoxy) is 1. The second-order valence-corrected chi connectivity index (χ2v) is 3.27. The Morgan fingerprint density at radius 3 is 3.00 bits per heavy atom. The summed E-state index contributed by atoms with van der Waals surface area (Å²) in [4.78, 5) is 0. The van der Waals surface area contributed by atoms with Crippen LogP contribution in [-0.4, -0.2) is 17.8 Å². The third-order valence-corrected chi connectivity index (χ3v) is 2.36. The Morgan fingerprint density at radius 1 is 1.38 bits per heavy atom. The Balaban J connectivity index is 2.40. The van der Waals surface area contributed by atoms with Crippen molar-refractivity contribution in [3.63, 3.8) is 0 Å². The van der Waals surface area contributed by atoms with E-state index in [4.69, 9.17) is 10.5 Å². The molecule has 0 fully saturated rings. The SMILES string of the molecule is N[C@@H]1c2ccccc2OCC[C@@H]1O. The number of para-hydroxylation sites is 1. The number of aliphatic hydroxyl groups excluding tert-OH is 1. The highest BCUT2D eigenvalue weighted by molar-refractivity contribution is 5.37. The minimum atomic E-state index is -0.497. The molecule has 0 aliphatic carbocycles. The fourth-order valence-electron chi connectivity index (χ4n) is 1.56. The summed E-state index contributed by atoms with van der Waals surface area (Å²) in [6.07, 6.45) is 0.0965. The zero-order valence-corrected chi connectivity index (χ0v) is 7.31. The quantitative estimate of drug-likeness (QED) is 0.620. The van der Waals surface area contributed by atoms with Crippen molar-refractivity contribution in [1.29, 1.82) is 0 Å². The van der Waals surface area contributed by atoms with E-state index < -0.39 is 6.10 Å². The predicted octanol–water partition coefficient (Wildman–Crippen LogP) is 0.830. The predicted molar refractivity (Wildman–Crippen MR) is 49.5 cm³/mol. The Labute approximate surface area is 77.1 Å². The lowest BCUT2D eigenvalue weighted by atomic mass is 10.0. The second kappa shape index (κ2) is 3.36. The molecule has 0 amide bonds. The van der Waals surface area contributed by atoms with Crippen molar-refractivity contribution >= 4 is 0 Å². The third-order valence-electron chi connectivity index (χ3n) is 2.36. The lowest BCUT2D eigenvalue weighted by molar-refractivity contribution is 0.126. The number of nitrogens with two attached hydrogens (primary N) is 1. The molecule has 1 heterocycles. The van der Waals surface area contributed by atoms with E-state index in [1.807, 2.05) is 24.3 Å². The van der Waals surface area contributed by atoms with Crippen molar-refractivity contribution in [1.82, 2.24) is 0 Å².